The zero-order chi connectivity index (χ0) is 35.6. The van der Waals surface area contributed by atoms with Crippen LogP contribution >= 0.6 is 0 Å². The van der Waals surface area contributed by atoms with Gasteiger partial charge in [0.2, 0.25) is 0 Å². The molecule has 7 aromatic rings. The SMILES string of the molecule is CC(C)c1cc(-c2[c-]cccc2)ncc1[Si](C)(C)C.Cc1cnc(-c2[c-]cc(-c3ccccc3)c3c2oc2ccccc23)cc1CC(C)(C)C.[Ir]. The van der Waals surface area contributed by atoms with Crippen LogP contribution in [0.5, 0.6) is 0 Å². The van der Waals surface area contributed by atoms with Gasteiger partial charge >= 0.3 is 0 Å². The number of aromatic nitrogens is 2. The Balaban J connectivity index is 0.000000218. The molecule has 4 aromatic carbocycles. The van der Waals surface area contributed by atoms with Gasteiger partial charge in [0.25, 0.3) is 0 Å². The summed E-state index contributed by atoms with van der Waals surface area (Å²) < 4.78 is 6.40. The molecule has 7 rings (SSSR count). The topological polar surface area (TPSA) is 38.9 Å². The fraction of sp³-hybridized carbons (Fsp3) is 0.261. The smallest absolute Gasteiger partial charge is 0.120 e. The number of rotatable bonds is 6. The van der Waals surface area contributed by atoms with Gasteiger partial charge in [0, 0.05) is 37.9 Å². The predicted molar refractivity (Wildman–Crippen MR) is 215 cm³/mol. The first-order valence-corrected chi connectivity index (χ1v) is 21.1. The van der Waals surface area contributed by atoms with Gasteiger partial charge in [-0.25, -0.2) is 0 Å². The van der Waals surface area contributed by atoms with Crippen molar-refractivity contribution < 1.29 is 24.5 Å². The zero-order valence-corrected chi connectivity index (χ0v) is 34.7. The summed E-state index contributed by atoms with van der Waals surface area (Å²) in [4.78, 5) is 9.43. The molecule has 0 aliphatic rings. The van der Waals surface area contributed by atoms with E-state index in [0.29, 0.717) is 5.92 Å². The van der Waals surface area contributed by atoms with Crippen LogP contribution < -0.4 is 5.19 Å². The normalized spacial score (nSPS) is 11.7. The molecule has 51 heavy (non-hydrogen) atoms. The van der Waals surface area contributed by atoms with Crippen LogP contribution in [0.4, 0.5) is 0 Å². The largest absolute Gasteiger partial charge is 0.501 e. The number of nitrogens with zero attached hydrogens (tertiary/aromatic N) is 2. The maximum absolute atomic E-state index is 6.40. The summed E-state index contributed by atoms with van der Waals surface area (Å²) in [6.07, 6.45) is 5.07. The number of furan rings is 1. The van der Waals surface area contributed by atoms with Crippen LogP contribution in [0.15, 0.2) is 114 Å². The Labute approximate surface area is 319 Å². The van der Waals surface area contributed by atoms with Crippen LogP contribution in [0.1, 0.15) is 57.2 Å². The van der Waals surface area contributed by atoms with E-state index in [-0.39, 0.29) is 25.5 Å². The predicted octanol–water partition coefficient (Wildman–Crippen LogP) is 12.2. The summed E-state index contributed by atoms with van der Waals surface area (Å²) in [5.41, 5.74) is 12.2. The second-order valence-electron chi connectivity index (χ2n) is 15.8. The number of hydrogen-bond donors (Lipinski definition) is 0. The van der Waals surface area contributed by atoms with E-state index >= 15 is 0 Å². The van der Waals surface area contributed by atoms with Crippen molar-refractivity contribution in [1.82, 2.24) is 9.97 Å². The van der Waals surface area contributed by atoms with Gasteiger partial charge in [-0.1, -0.05) is 143 Å². The van der Waals surface area contributed by atoms with Crippen molar-refractivity contribution in [2.24, 2.45) is 5.41 Å². The Morgan fingerprint density at radius 2 is 1.49 bits per heavy atom. The molecular formula is C46H48IrN2OSi-2. The van der Waals surface area contributed by atoms with Gasteiger partial charge in [-0.3, -0.25) is 0 Å². The fourth-order valence-electron chi connectivity index (χ4n) is 6.55. The van der Waals surface area contributed by atoms with Crippen molar-refractivity contribution in [3.05, 3.63) is 138 Å². The van der Waals surface area contributed by atoms with Crippen LogP contribution in [0, 0.1) is 24.5 Å². The van der Waals surface area contributed by atoms with Crippen LogP contribution in [0.3, 0.4) is 0 Å². The van der Waals surface area contributed by atoms with Crippen molar-refractivity contribution in [3.8, 4) is 33.6 Å². The van der Waals surface area contributed by atoms with E-state index < -0.39 is 8.07 Å². The minimum Gasteiger partial charge on any atom is -0.501 e. The summed E-state index contributed by atoms with van der Waals surface area (Å²) in [5.74, 6) is 0.534. The molecule has 5 heteroatoms. The van der Waals surface area contributed by atoms with Gasteiger partial charge in [0.15, 0.2) is 0 Å². The first-order chi connectivity index (χ1) is 23.8. The quantitative estimate of drug-likeness (QED) is 0.123. The molecule has 0 bridgehead atoms. The number of para-hydroxylation sites is 1. The minimum atomic E-state index is -1.34. The number of pyridine rings is 2. The third-order valence-corrected chi connectivity index (χ3v) is 11.1. The Kier molecular flexibility index (Phi) is 11.7. The molecule has 0 saturated carbocycles. The molecule has 263 valence electrons. The average Bonchev–Trinajstić information content (AvgIpc) is 3.49. The number of aryl methyl sites for hydroxylation is 1. The summed E-state index contributed by atoms with van der Waals surface area (Å²) in [5, 5.41) is 3.71. The maximum Gasteiger partial charge on any atom is 0.120 e. The fourth-order valence-corrected chi connectivity index (χ4v) is 8.22. The van der Waals surface area contributed by atoms with Gasteiger partial charge in [-0.15, -0.1) is 48.0 Å². The van der Waals surface area contributed by atoms with E-state index in [9.17, 15) is 0 Å². The summed E-state index contributed by atoms with van der Waals surface area (Å²) in [6, 6.07) is 40.0. The number of benzene rings is 4. The van der Waals surface area contributed by atoms with Gasteiger partial charge in [-0.05, 0) is 58.3 Å². The van der Waals surface area contributed by atoms with Gasteiger partial charge < -0.3 is 14.4 Å². The first kappa shape index (κ1) is 38.1. The molecule has 0 spiro atoms. The van der Waals surface area contributed by atoms with Crippen molar-refractivity contribution >= 4 is 35.2 Å². The molecule has 3 heterocycles. The van der Waals surface area contributed by atoms with E-state index in [0.717, 1.165) is 62.0 Å². The molecule has 0 saturated heterocycles. The number of hydrogen-bond acceptors (Lipinski definition) is 3. The van der Waals surface area contributed by atoms with Crippen LogP contribution in [0.25, 0.3) is 55.6 Å². The Morgan fingerprint density at radius 3 is 2.16 bits per heavy atom. The molecule has 3 aromatic heterocycles. The average molecular weight is 865 g/mol. The molecule has 0 amide bonds. The second kappa shape index (κ2) is 15.6. The van der Waals surface area contributed by atoms with Gasteiger partial charge in [0.1, 0.15) is 5.58 Å². The Morgan fingerprint density at radius 1 is 0.804 bits per heavy atom. The summed E-state index contributed by atoms with van der Waals surface area (Å²) in [6.45, 7) is 20.6. The summed E-state index contributed by atoms with van der Waals surface area (Å²) >= 11 is 0. The molecule has 0 atom stereocenters. The van der Waals surface area contributed by atoms with Crippen molar-refractivity contribution in [3.63, 3.8) is 0 Å². The van der Waals surface area contributed by atoms with E-state index in [1.54, 1.807) is 0 Å². The van der Waals surface area contributed by atoms with E-state index in [2.05, 4.69) is 145 Å². The molecule has 0 aliphatic carbocycles. The van der Waals surface area contributed by atoms with Crippen molar-refractivity contribution in [1.29, 1.82) is 0 Å². The third kappa shape index (κ3) is 8.67. The maximum atomic E-state index is 6.40. The molecule has 0 fully saturated rings. The summed E-state index contributed by atoms with van der Waals surface area (Å²) in [7, 11) is -1.34. The number of fused-ring (bicyclic) bond motifs is 3. The molecular weight excluding hydrogens is 817 g/mol. The monoisotopic (exact) mass is 865 g/mol. The van der Waals surface area contributed by atoms with E-state index in [4.69, 9.17) is 9.40 Å². The van der Waals surface area contributed by atoms with Gasteiger partial charge in [0.05, 0.1) is 13.7 Å². The first-order valence-electron chi connectivity index (χ1n) is 17.6. The van der Waals surface area contributed by atoms with Crippen LogP contribution in [-0.4, -0.2) is 18.0 Å². The van der Waals surface area contributed by atoms with E-state index in [1.807, 2.05) is 42.6 Å². The standard InChI is InChI=1S/C29H26NO.C17H22NSi.Ir/c1-19-18-30-25(16-21(19)17-29(2,3)4)23-15-14-22(20-10-6-5-7-11-20)27-24-12-8-9-13-26(24)31-28(23)27;1-13(2)15-11-16(14-9-7-6-8-10-14)18-12-17(15)19(3,4)5;/h5-14,16,18H,17H2,1-4H3;6-9,11-13H,1-5H3;/q2*-1;. The van der Waals surface area contributed by atoms with E-state index in [1.165, 1.54) is 21.9 Å². The second-order valence-corrected chi connectivity index (χ2v) is 20.9. The molecule has 3 nitrogen and oxygen atoms in total. The molecule has 0 unspecified atom stereocenters. The van der Waals surface area contributed by atoms with Crippen LogP contribution in [0.2, 0.25) is 19.6 Å². The Bertz CT molecular complexity index is 2240. The zero-order valence-electron chi connectivity index (χ0n) is 31.3. The molecule has 0 aliphatic heterocycles. The van der Waals surface area contributed by atoms with Crippen LogP contribution in [-0.2, 0) is 26.5 Å². The third-order valence-electron chi connectivity index (χ3n) is 9.08. The van der Waals surface area contributed by atoms with Gasteiger partial charge in [-0.2, -0.15) is 0 Å². The minimum absolute atomic E-state index is 0. The molecule has 0 N–H and O–H groups in total. The Hall–Kier alpha value is -4.15. The van der Waals surface area contributed by atoms with Crippen molar-refractivity contribution in [2.45, 2.75) is 73.5 Å². The van der Waals surface area contributed by atoms with Crippen molar-refractivity contribution in [2.75, 3.05) is 0 Å². The molecule has 1 radical (unpaired) electrons.